The lowest BCUT2D eigenvalue weighted by Gasteiger charge is -2.18. The van der Waals surface area contributed by atoms with Crippen LogP contribution in [0.3, 0.4) is 0 Å². The van der Waals surface area contributed by atoms with Crippen LogP contribution >= 0.6 is 0 Å². The van der Waals surface area contributed by atoms with E-state index in [0.717, 1.165) is 25.2 Å². The third-order valence-corrected chi connectivity index (χ3v) is 2.68. The Kier molecular flexibility index (Phi) is 5.49. The number of nitrogens with zero attached hydrogens (tertiary/aromatic N) is 2. The highest BCUT2D eigenvalue weighted by Crippen LogP contribution is 2.04. The topological polar surface area (TPSA) is 50.1 Å². The van der Waals surface area contributed by atoms with Crippen molar-refractivity contribution in [2.75, 3.05) is 13.2 Å². The molecular formula is C12H23N3O. The van der Waals surface area contributed by atoms with Crippen molar-refractivity contribution in [1.29, 1.82) is 0 Å². The summed E-state index contributed by atoms with van der Waals surface area (Å²) in [6, 6.07) is 0.209. The van der Waals surface area contributed by atoms with Gasteiger partial charge in [-0.05, 0) is 12.3 Å². The Bertz CT molecular complexity index is 296. The summed E-state index contributed by atoms with van der Waals surface area (Å²) in [6.45, 7) is 5.41. The molecule has 0 spiro atoms. The molecule has 0 aromatic carbocycles. The molecule has 2 N–H and O–H groups in total. The molecule has 1 unspecified atom stereocenters. The third kappa shape index (κ3) is 4.33. The van der Waals surface area contributed by atoms with Crippen molar-refractivity contribution in [2.24, 2.45) is 13.0 Å². The molecular weight excluding hydrogens is 202 g/mol. The lowest BCUT2D eigenvalue weighted by atomic mass is 10.0. The Hall–Kier alpha value is -0.870. The van der Waals surface area contributed by atoms with Crippen LogP contribution in [0.5, 0.6) is 0 Å². The maximum absolute atomic E-state index is 9.20. The van der Waals surface area contributed by atoms with E-state index >= 15 is 0 Å². The second-order valence-electron chi connectivity index (χ2n) is 4.67. The molecule has 4 nitrogen and oxygen atoms in total. The second-order valence-corrected chi connectivity index (χ2v) is 4.67. The van der Waals surface area contributed by atoms with Gasteiger partial charge in [0, 0.05) is 38.4 Å². The molecule has 16 heavy (non-hydrogen) atoms. The van der Waals surface area contributed by atoms with Crippen molar-refractivity contribution in [3.05, 3.63) is 18.2 Å². The lowest BCUT2D eigenvalue weighted by Crippen LogP contribution is -2.35. The summed E-state index contributed by atoms with van der Waals surface area (Å²) in [5.74, 6) is 1.69. The molecule has 0 saturated heterocycles. The molecule has 1 aromatic rings. The summed E-state index contributed by atoms with van der Waals surface area (Å²) < 4.78 is 2.03. The summed E-state index contributed by atoms with van der Waals surface area (Å²) in [6.07, 6.45) is 5.68. The molecule has 4 heteroatoms. The van der Waals surface area contributed by atoms with Gasteiger partial charge in [0.15, 0.2) is 0 Å². The highest BCUT2D eigenvalue weighted by Gasteiger charge is 2.09. The molecule has 92 valence electrons. The van der Waals surface area contributed by atoms with Crippen LogP contribution in [0.25, 0.3) is 0 Å². The minimum atomic E-state index is 0.207. The van der Waals surface area contributed by atoms with E-state index in [4.69, 9.17) is 0 Å². The summed E-state index contributed by atoms with van der Waals surface area (Å²) in [7, 11) is 2.00. The fourth-order valence-corrected chi connectivity index (χ4v) is 1.82. The lowest BCUT2D eigenvalue weighted by molar-refractivity contribution is 0.225. The van der Waals surface area contributed by atoms with Gasteiger partial charge in [-0.15, -0.1) is 0 Å². The van der Waals surface area contributed by atoms with Crippen LogP contribution in [0.15, 0.2) is 12.4 Å². The zero-order valence-electron chi connectivity index (χ0n) is 10.5. The molecule has 0 radical (unpaired) electrons. The minimum absolute atomic E-state index is 0.207. The fourth-order valence-electron chi connectivity index (χ4n) is 1.82. The van der Waals surface area contributed by atoms with E-state index in [1.165, 1.54) is 0 Å². The molecule has 0 aliphatic carbocycles. The first kappa shape index (κ1) is 13.2. The van der Waals surface area contributed by atoms with Crippen molar-refractivity contribution in [2.45, 2.75) is 32.7 Å². The predicted octanol–water partition coefficient (Wildman–Crippen LogP) is 0.959. The van der Waals surface area contributed by atoms with Crippen molar-refractivity contribution < 1.29 is 5.11 Å². The summed E-state index contributed by atoms with van der Waals surface area (Å²) >= 11 is 0. The molecule has 0 aliphatic rings. The molecule has 0 saturated carbocycles. The first-order valence-electron chi connectivity index (χ1n) is 5.94. The highest BCUT2D eigenvalue weighted by atomic mass is 16.3. The van der Waals surface area contributed by atoms with Gasteiger partial charge < -0.3 is 15.0 Å². The molecule has 0 bridgehead atoms. The zero-order chi connectivity index (χ0) is 12.0. The van der Waals surface area contributed by atoms with Crippen LogP contribution in [0, 0.1) is 5.92 Å². The summed E-state index contributed by atoms with van der Waals surface area (Å²) in [5.41, 5.74) is 0. The first-order chi connectivity index (χ1) is 7.63. The zero-order valence-corrected chi connectivity index (χ0v) is 10.5. The smallest absolute Gasteiger partial charge is 0.109 e. The van der Waals surface area contributed by atoms with Gasteiger partial charge in [-0.25, -0.2) is 4.98 Å². The van der Waals surface area contributed by atoms with Gasteiger partial charge in [-0.3, -0.25) is 0 Å². The highest BCUT2D eigenvalue weighted by molar-refractivity contribution is 4.91. The van der Waals surface area contributed by atoms with Crippen LogP contribution < -0.4 is 5.32 Å². The van der Waals surface area contributed by atoms with E-state index in [-0.39, 0.29) is 12.6 Å². The van der Waals surface area contributed by atoms with Gasteiger partial charge in [0.2, 0.25) is 0 Å². The maximum atomic E-state index is 9.20. The normalized spacial score (nSPS) is 13.3. The van der Waals surface area contributed by atoms with Gasteiger partial charge in [-0.2, -0.15) is 0 Å². The fraction of sp³-hybridized carbons (Fsp3) is 0.750. The largest absolute Gasteiger partial charge is 0.395 e. The van der Waals surface area contributed by atoms with E-state index in [1.807, 2.05) is 24.0 Å². The number of aryl methyl sites for hydroxylation is 1. The molecule has 1 heterocycles. The first-order valence-corrected chi connectivity index (χ1v) is 5.94. The SMILES string of the molecule is CC(C)CC(CO)NCCc1nccn1C. The van der Waals surface area contributed by atoms with Gasteiger partial charge in [0.1, 0.15) is 5.82 Å². The average Bonchev–Trinajstić information content (AvgIpc) is 2.62. The quantitative estimate of drug-likeness (QED) is 0.726. The van der Waals surface area contributed by atoms with Gasteiger partial charge in [0.25, 0.3) is 0 Å². The van der Waals surface area contributed by atoms with Crippen LogP contribution in [0.2, 0.25) is 0 Å². The van der Waals surface area contributed by atoms with Gasteiger partial charge >= 0.3 is 0 Å². The van der Waals surface area contributed by atoms with E-state index in [1.54, 1.807) is 0 Å². The Morgan fingerprint density at radius 2 is 2.25 bits per heavy atom. The van der Waals surface area contributed by atoms with E-state index in [9.17, 15) is 5.11 Å². The molecule has 0 fully saturated rings. The minimum Gasteiger partial charge on any atom is -0.395 e. The number of aliphatic hydroxyl groups is 1. The van der Waals surface area contributed by atoms with Crippen LogP contribution in [-0.4, -0.2) is 33.9 Å². The Morgan fingerprint density at radius 3 is 2.75 bits per heavy atom. The Morgan fingerprint density at radius 1 is 1.50 bits per heavy atom. The van der Waals surface area contributed by atoms with E-state index in [0.29, 0.717) is 5.92 Å². The van der Waals surface area contributed by atoms with E-state index < -0.39 is 0 Å². The third-order valence-electron chi connectivity index (χ3n) is 2.68. The van der Waals surface area contributed by atoms with Crippen LogP contribution in [0.1, 0.15) is 26.1 Å². The van der Waals surface area contributed by atoms with Gasteiger partial charge in [0.05, 0.1) is 6.61 Å². The molecule has 0 amide bonds. The van der Waals surface area contributed by atoms with Crippen LogP contribution in [-0.2, 0) is 13.5 Å². The Labute approximate surface area is 97.7 Å². The standard InChI is InChI=1S/C12H23N3O/c1-10(2)8-11(9-16)13-5-4-12-14-6-7-15(12)3/h6-7,10-11,13,16H,4-5,8-9H2,1-3H3. The average molecular weight is 225 g/mol. The van der Waals surface area contributed by atoms with Crippen molar-refractivity contribution in [1.82, 2.24) is 14.9 Å². The number of hydrogen-bond donors (Lipinski definition) is 2. The molecule has 0 aliphatic heterocycles. The number of aliphatic hydroxyl groups excluding tert-OH is 1. The second kappa shape index (κ2) is 6.66. The van der Waals surface area contributed by atoms with Crippen molar-refractivity contribution >= 4 is 0 Å². The van der Waals surface area contributed by atoms with Crippen molar-refractivity contribution in [3.8, 4) is 0 Å². The monoisotopic (exact) mass is 225 g/mol. The molecule has 1 aromatic heterocycles. The number of rotatable bonds is 7. The van der Waals surface area contributed by atoms with E-state index in [2.05, 4.69) is 24.1 Å². The maximum Gasteiger partial charge on any atom is 0.109 e. The van der Waals surface area contributed by atoms with Crippen molar-refractivity contribution in [3.63, 3.8) is 0 Å². The summed E-state index contributed by atoms with van der Waals surface area (Å²) in [4.78, 5) is 4.26. The number of hydrogen-bond acceptors (Lipinski definition) is 3. The number of imidazole rings is 1. The predicted molar refractivity (Wildman–Crippen MR) is 65.2 cm³/mol. The van der Waals surface area contributed by atoms with Crippen LogP contribution in [0.4, 0.5) is 0 Å². The van der Waals surface area contributed by atoms with Gasteiger partial charge in [-0.1, -0.05) is 13.8 Å². The summed E-state index contributed by atoms with van der Waals surface area (Å²) in [5, 5.41) is 12.6. The Balaban J connectivity index is 2.26. The number of nitrogens with one attached hydrogen (secondary N) is 1. The number of aromatic nitrogens is 2. The molecule has 1 atom stereocenters. The molecule has 1 rings (SSSR count).